The van der Waals surface area contributed by atoms with E-state index in [4.69, 9.17) is 5.73 Å². The fraction of sp³-hybridized carbons (Fsp3) is 1.00. The van der Waals surface area contributed by atoms with Crippen molar-refractivity contribution in [1.82, 2.24) is 5.32 Å². The Bertz CT molecular complexity index is 81.0. The summed E-state index contributed by atoms with van der Waals surface area (Å²) < 4.78 is 0. The van der Waals surface area contributed by atoms with Crippen LogP contribution in [0.1, 0.15) is 26.2 Å². The maximum Gasteiger partial charge on any atom is 0.00822 e. The first kappa shape index (κ1) is 7.03. The van der Waals surface area contributed by atoms with E-state index in [-0.39, 0.29) is 0 Å². The van der Waals surface area contributed by atoms with Crippen molar-refractivity contribution in [2.45, 2.75) is 38.3 Å². The standard InChI is InChI=1S/C7H16N2/c1-2-9-7-4-3-6(8)5-7/h6-7,9H,2-5,8H2,1H3/t6-,7-/m0/s1. The minimum absolute atomic E-state index is 0.467. The average molecular weight is 128 g/mol. The zero-order chi connectivity index (χ0) is 6.69. The van der Waals surface area contributed by atoms with E-state index in [9.17, 15) is 0 Å². The molecule has 1 fully saturated rings. The van der Waals surface area contributed by atoms with Gasteiger partial charge in [0.25, 0.3) is 0 Å². The number of hydrogen-bond acceptors (Lipinski definition) is 2. The van der Waals surface area contributed by atoms with Crippen molar-refractivity contribution in [3.8, 4) is 0 Å². The minimum atomic E-state index is 0.467. The predicted molar refractivity (Wildman–Crippen MR) is 39.3 cm³/mol. The SMILES string of the molecule is CCN[C@H]1CC[C@H](N)C1. The molecule has 0 aliphatic heterocycles. The zero-order valence-corrected chi connectivity index (χ0v) is 6.06. The van der Waals surface area contributed by atoms with Gasteiger partial charge in [-0.15, -0.1) is 0 Å². The lowest BCUT2D eigenvalue weighted by Gasteiger charge is -2.08. The summed E-state index contributed by atoms with van der Waals surface area (Å²) in [5, 5.41) is 3.39. The van der Waals surface area contributed by atoms with E-state index in [1.807, 2.05) is 0 Å². The quantitative estimate of drug-likeness (QED) is 0.567. The largest absolute Gasteiger partial charge is 0.328 e. The third-order valence-electron chi connectivity index (χ3n) is 1.97. The third kappa shape index (κ3) is 1.95. The molecule has 3 N–H and O–H groups in total. The van der Waals surface area contributed by atoms with Gasteiger partial charge in [-0.2, -0.15) is 0 Å². The maximum atomic E-state index is 5.72. The molecule has 0 radical (unpaired) electrons. The second kappa shape index (κ2) is 3.18. The molecule has 0 aromatic heterocycles. The van der Waals surface area contributed by atoms with Crippen molar-refractivity contribution in [1.29, 1.82) is 0 Å². The molecule has 2 atom stereocenters. The van der Waals surface area contributed by atoms with Gasteiger partial charge in [0.1, 0.15) is 0 Å². The van der Waals surface area contributed by atoms with Crippen LogP contribution < -0.4 is 11.1 Å². The van der Waals surface area contributed by atoms with Gasteiger partial charge in [0.2, 0.25) is 0 Å². The highest BCUT2D eigenvalue weighted by Gasteiger charge is 2.19. The Morgan fingerprint density at radius 2 is 2.33 bits per heavy atom. The molecule has 0 amide bonds. The summed E-state index contributed by atoms with van der Waals surface area (Å²) in [7, 11) is 0. The molecule has 0 aromatic rings. The highest BCUT2D eigenvalue weighted by atomic mass is 14.9. The molecule has 54 valence electrons. The van der Waals surface area contributed by atoms with E-state index in [2.05, 4.69) is 12.2 Å². The molecule has 2 heteroatoms. The highest BCUT2D eigenvalue weighted by molar-refractivity contribution is 4.81. The van der Waals surface area contributed by atoms with Crippen LogP contribution in [0.25, 0.3) is 0 Å². The van der Waals surface area contributed by atoms with E-state index >= 15 is 0 Å². The Morgan fingerprint density at radius 1 is 1.56 bits per heavy atom. The number of nitrogens with two attached hydrogens (primary N) is 1. The summed E-state index contributed by atoms with van der Waals surface area (Å²) in [6.07, 6.45) is 3.65. The molecule has 0 unspecified atom stereocenters. The first-order valence-electron chi connectivity index (χ1n) is 3.82. The number of nitrogens with one attached hydrogen (secondary N) is 1. The molecule has 1 rings (SSSR count). The van der Waals surface area contributed by atoms with Gasteiger partial charge in [0, 0.05) is 12.1 Å². The Balaban J connectivity index is 2.14. The molecular weight excluding hydrogens is 112 g/mol. The van der Waals surface area contributed by atoms with E-state index in [0.717, 1.165) is 6.54 Å². The van der Waals surface area contributed by atoms with E-state index in [1.165, 1.54) is 19.3 Å². The van der Waals surface area contributed by atoms with Crippen LogP contribution in [-0.4, -0.2) is 18.6 Å². The molecular formula is C7H16N2. The van der Waals surface area contributed by atoms with Crippen LogP contribution in [-0.2, 0) is 0 Å². The van der Waals surface area contributed by atoms with Crippen molar-refractivity contribution in [3.05, 3.63) is 0 Å². The lowest BCUT2D eigenvalue weighted by Crippen LogP contribution is -2.27. The Morgan fingerprint density at radius 3 is 2.78 bits per heavy atom. The predicted octanol–water partition coefficient (Wildman–Crippen LogP) is 0.476. The first-order valence-corrected chi connectivity index (χ1v) is 3.82. The molecule has 0 heterocycles. The van der Waals surface area contributed by atoms with Crippen molar-refractivity contribution in [3.63, 3.8) is 0 Å². The smallest absolute Gasteiger partial charge is 0.00822 e. The minimum Gasteiger partial charge on any atom is -0.328 e. The van der Waals surface area contributed by atoms with Gasteiger partial charge in [-0.3, -0.25) is 0 Å². The van der Waals surface area contributed by atoms with Crippen LogP contribution in [0.3, 0.4) is 0 Å². The van der Waals surface area contributed by atoms with Crippen LogP contribution in [0.15, 0.2) is 0 Å². The molecule has 1 aliphatic carbocycles. The van der Waals surface area contributed by atoms with Crippen molar-refractivity contribution >= 4 is 0 Å². The van der Waals surface area contributed by atoms with Crippen LogP contribution in [0.2, 0.25) is 0 Å². The van der Waals surface area contributed by atoms with Gasteiger partial charge >= 0.3 is 0 Å². The molecule has 9 heavy (non-hydrogen) atoms. The van der Waals surface area contributed by atoms with Crippen LogP contribution in [0, 0.1) is 0 Å². The van der Waals surface area contributed by atoms with Gasteiger partial charge in [0.15, 0.2) is 0 Å². The lowest BCUT2D eigenvalue weighted by molar-refractivity contribution is 0.534. The van der Waals surface area contributed by atoms with Crippen molar-refractivity contribution in [2.24, 2.45) is 5.73 Å². The van der Waals surface area contributed by atoms with Crippen LogP contribution >= 0.6 is 0 Å². The van der Waals surface area contributed by atoms with Crippen LogP contribution in [0.4, 0.5) is 0 Å². The second-order valence-corrected chi connectivity index (χ2v) is 2.83. The zero-order valence-electron chi connectivity index (χ0n) is 6.06. The summed E-state index contributed by atoms with van der Waals surface area (Å²) in [5.41, 5.74) is 5.72. The molecule has 1 aliphatic rings. The number of hydrogen-bond donors (Lipinski definition) is 2. The average Bonchev–Trinajstić information content (AvgIpc) is 2.17. The topological polar surface area (TPSA) is 38.0 Å². The fourth-order valence-corrected chi connectivity index (χ4v) is 1.49. The van der Waals surface area contributed by atoms with Crippen molar-refractivity contribution in [2.75, 3.05) is 6.54 Å². The molecule has 0 saturated heterocycles. The molecule has 0 bridgehead atoms. The van der Waals surface area contributed by atoms with E-state index in [0.29, 0.717) is 12.1 Å². The molecule has 0 spiro atoms. The Labute approximate surface area is 56.8 Å². The lowest BCUT2D eigenvalue weighted by atomic mass is 10.2. The molecule has 1 saturated carbocycles. The third-order valence-corrected chi connectivity index (χ3v) is 1.97. The Hall–Kier alpha value is -0.0800. The summed E-state index contributed by atoms with van der Waals surface area (Å²) in [6, 6.07) is 1.18. The van der Waals surface area contributed by atoms with E-state index in [1.54, 1.807) is 0 Å². The van der Waals surface area contributed by atoms with Gasteiger partial charge in [-0.1, -0.05) is 6.92 Å². The summed E-state index contributed by atoms with van der Waals surface area (Å²) in [4.78, 5) is 0. The highest BCUT2D eigenvalue weighted by Crippen LogP contribution is 2.16. The maximum absolute atomic E-state index is 5.72. The summed E-state index contributed by atoms with van der Waals surface area (Å²) >= 11 is 0. The summed E-state index contributed by atoms with van der Waals surface area (Å²) in [6.45, 7) is 3.22. The first-order chi connectivity index (χ1) is 4.33. The van der Waals surface area contributed by atoms with Gasteiger partial charge in [0.05, 0.1) is 0 Å². The van der Waals surface area contributed by atoms with Crippen molar-refractivity contribution < 1.29 is 0 Å². The van der Waals surface area contributed by atoms with Gasteiger partial charge in [-0.05, 0) is 25.8 Å². The second-order valence-electron chi connectivity index (χ2n) is 2.83. The number of rotatable bonds is 2. The van der Waals surface area contributed by atoms with Gasteiger partial charge in [-0.25, -0.2) is 0 Å². The molecule has 0 aromatic carbocycles. The summed E-state index contributed by atoms with van der Waals surface area (Å²) in [5.74, 6) is 0. The monoisotopic (exact) mass is 128 g/mol. The van der Waals surface area contributed by atoms with Gasteiger partial charge < -0.3 is 11.1 Å². The normalized spacial score (nSPS) is 35.3. The van der Waals surface area contributed by atoms with Crippen LogP contribution in [0.5, 0.6) is 0 Å². The molecule has 2 nitrogen and oxygen atoms in total. The van der Waals surface area contributed by atoms with E-state index < -0.39 is 0 Å². The fourth-order valence-electron chi connectivity index (χ4n) is 1.49. The Kier molecular flexibility index (Phi) is 2.49.